The van der Waals surface area contributed by atoms with Crippen molar-refractivity contribution < 1.29 is 22.7 Å². The average molecular weight is 442 g/mol. The summed E-state index contributed by atoms with van der Waals surface area (Å²) in [5.41, 5.74) is 0. The van der Waals surface area contributed by atoms with Crippen LogP contribution in [0, 0.1) is 0 Å². The quantitative estimate of drug-likeness (QED) is 0.608. The lowest BCUT2D eigenvalue weighted by molar-refractivity contribution is -0.137. The Hall–Kier alpha value is -1.74. The number of hydrogen-bond donors (Lipinski definition) is 0. The molecule has 3 rings (SSSR count). The maximum Gasteiger partial charge on any atom is 0.315 e. The number of carbonyl (C=O) groups is 1. The van der Waals surface area contributed by atoms with Gasteiger partial charge in [-0.3, -0.25) is 4.79 Å². The Morgan fingerprint density at radius 1 is 1.21 bits per heavy atom. The van der Waals surface area contributed by atoms with Crippen LogP contribution in [0.5, 0.6) is 11.5 Å². The van der Waals surface area contributed by atoms with Crippen molar-refractivity contribution in [3.8, 4) is 11.5 Å². The highest BCUT2D eigenvalue weighted by Crippen LogP contribution is 2.31. The van der Waals surface area contributed by atoms with Crippen LogP contribution in [0.15, 0.2) is 53.4 Å². The molecule has 1 heterocycles. The zero-order chi connectivity index (χ0) is 20.1. The maximum absolute atomic E-state index is 12.9. The van der Waals surface area contributed by atoms with E-state index in [1.54, 1.807) is 30.3 Å². The Kier molecular flexibility index (Phi) is 6.87. The molecule has 2 aromatic rings. The van der Waals surface area contributed by atoms with Gasteiger partial charge in [-0.25, -0.2) is 8.42 Å². The smallest absolute Gasteiger partial charge is 0.315 e. The number of benzene rings is 2. The van der Waals surface area contributed by atoms with Crippen molar-refractivity contribution in [1.82, 2.24) is 4.31 Å². The summed E-state index contributed by atoms with van der Waals surface area (Å²) in [7, 11) is -2.25. The summed E-state index contributed by atoms with van der Waals surface area (Å²) in [6.07, 6.45) is 0.703. The van der Waals surface area contributed by atoms with E-state index in [-0.39, 0.29) is 21.9 Å². The van der Waals surface area contributed by atoms with E-state index in [0.29, 0.717) is 36.0 Å². The highest BCUT2D eigenvalue weighted by molar-refractivity contribution is 8.00. The Bertz CT molecular complexity index is 934. The van der Waals surface area contributed by atoms with E-state index in [2.05, 4.69) is 4.74 Å². The summed E-state index contributed by atoms with van der Waals surface area (Å²) in [6.45, 7) is 0.806. The molecule has 2 aromatic carbocycles. The summed E-state index contributed by atoms with van der Waals surface area (Å²) in [5, 5.41) is 0.559. The van der Waals surface area contributed by atoms with Crippen molar-refractivity contribution in [2.24, 2.45) is 0 Å². The number of halogens is 1. The largest absolute Gasteiger partial charge is 0.468 e. The third-order valence-corrected chi connectivity index (χ3v) is 7.75. The fourth-order valence-corrected chi connectivity index (χ4v) is 5.60. The van der Waals surface area contributed by atoms with Crippen LogP contribution >= 0.6 is 23.4 Å². The molecule has 0 radical (unpaired) electrons. The van der Waals surface area contributed by atoms with E-state index in [9.17, 15) is 13.2 Å². The highest BCUT2D eigenvalue weighted by Gasteiger charge is 2.33. The molecule has 0 unspecified atom stereocenters. The molecule has 0 bridgehead atoms. The molecule has 0 N–H and O–H groups in total. The van der Waals surface area contributed by atoms with Crippen molar-refractivity contribution in [3.05, 3.63) is 53.6 Å². The van der Waals surface area contributed by atoms with E-state index < -0.39 is 10.0 Å². The van der Waals surface area contributed by atoms with Gasteiger partial charge in [-0.05, 0) is 42.8 Å². The first-order valence-corrected chi connectivity index (χ1v) is 11.5. The summed E-state index contributed by atoms with van der Waals surface area (Å²) in [6, 6.07) is 13.3. The minimum atomic E-state index is -3.59. The molecule has 0 aliphatic carbocycles. The fraction of sp³-hybridized carbons (Fsp3) is 0.316. The van der Waals surface area contributed by atoms with Gasteiger partial charge >= 0.3 is 5.97 Å². The SMILES string of the molecule is COC(=O)CS[C@H]1CCN(S(=O)(=O)c2ccc(Oc3ccccc3Cl)cc2)C1. The maximum atomic E-state index is 12.9. The molecule has 1 aliphatic rings. The molecular formula is C19H20ClNO5S2. The molecule has 28 heavy (non-hydrogen) atoms. The first-order chi connectivity index (χ1) is 13.4. The molecule has 6 nitrogen and oxygen atoms in total. The Morgan fingerprint density at radius 3 is 2.61 bits per heavy atom. The standard InChI is InChI=1S/C19H20ClNO5S2/c1-25-19(22)13-27-15-10-11-21(12-15)28(23,24)16-8-6-14(7-9-16)26-18-5-3-2-4-17(18)20/h2-9,15H,10-13H2,1H3/t15-/m0/s1. The van der Waals surface area contributed by atoms with Gasteiger partial charge in [-0.15, -0.1) is 11.8 Å². The monoisotopic (exact) mass is 441 g/mol. The Labute approximate surface area is 173 Å². The van der Waals surface area contributed by atoms with Gasteiger partial charge in [0.25, 0.3) is 0 Å². The number of hydrogen-bond acceptors (Lipinski definition) is 6. The number of thioether (sulfide) groups is 1. The zero-order valence-electron chi connectivity index (χ0n) is 15.2. The fourth-order valence-electron chi connectivity index (χ4n) is 2.78. The normalized spacial score (nSPS) is 17.4. The molecule has 0 aromatic heterocycles. The first-order valence-electron chi connectivity index (χ1n) is 8.61. The number of rotatable bonds is 7. The van der Waals surface area contributed by atoms with Gasteiger partial charge in [0.05, 0.1) is 22.8 Å². The number of para-hydroxylation sites is 1. The summed E-state index contributed by atoms with van der Waals surface area (Å²) >= 11 is 7.50. The number of carbonyl (C=O) groups excluding carboxylic acids is 1. The van der Waals surface area contributed by atoms with E-state index in [1.807, 2.05) is 6.07 Å². The summed E-state index contributed by atoms with van der Waals surface area (Å²) in [5.74, 6) is 0.925. The van der Waals surface area contributed by atoms with Crippen molar-refractivity contribution >= 4 is 39.4 Å². The van der Waals surface area contributed by atoms with Crippen LogP contribution < -0.4 is 4.74 Å². The summed E-state index contributed by atoms with van der Waals surface area (Å²) in [4.78, 5) is 11.5. The van der Waals surface area contributed by atoms with Crippen LogP contribution in [0.25, 0.3) is 0 Å². The molecule has 1 atom stereocenters. The Balaban J connectivity index is 1.64. The van der Waals surface area contributed by atoms with E-state index in [0.717, 1.165) is 0 Å². The van der Waals surface area contributed by atoms with Crippen molar-refractivity contribution in [2.75, 3.05) is 26.0 Å². The lowest BCUT2D eigenvalue weighted by atomic mass is 10.3. The predicted octanol–water partition coefficient (Wildman–Crippen LogP) is 3.80. The number of nitrogens with zero attached hydrogens (tertiary/aromatic N) is 1. The van der Waals surface area contributed by atoms with E-state index >= 15 is 0 Å². The van der Waals surface area contributed by atoms with E-state index in [4.69, 9.17) is 16.3 Å². The molecule has 1 saturated heterocycles. The first kappa shape index (κ1) is 21.0. The van der Waals surface area contributed by atoms with Gasteiger partial charge in [-0.2, -0.15) is 4.31 Å². The molecule has 0 spiro atoms. The van der Waals surface area contributed by atoms with Crippen molar-refractivity contribution in [2.45, 2.75) is 16.6 Å². The topological polar surface area (TPSA) is 72.9 Å². The molecular weight excluding hydrogens is 422 g/mol. The Morgan fingerprint density at radius 2 is 1.93 bits per heavy atom. The van der Waals surface area contributed by atoms with Gasteiger partial charge < -0.3 is 9.47 Å². The van der Waals surface area contributed by atoms with Crippen LogP contribution in [0.1, 0.15) is 6.42 Å². The molecule has 0 saturated carbocycles. The lowest BCUT2D eigenvalue weighted by Gasteiger charge is -2.17. The zero-order valence-corrected chi connectivity index (χ0v) is 17.6. The van der Waals surface area contributed by atoms with Gasteiger partial charge in [0.2, 0.25) is 10.0 Å². The number of esters is 1. The minimum Gasteiger partial charge on any atom is -0.468 e. The van der Waals surface area contributed by atoms with Crippen LogP contribution in [0.4, 0.5) is 0 Å². The third kappa shape index (κ3) is 5.00. The molecule has 1 aliphatic heterocycles. The minimum absolute atomic E-state index is 0.0803. The van der Waals surface area contributed by atoms with Gasteiger partial charge in [0.15, 0.2) is 0 Å². The molecule has 150 valence electrons. The molecule has 1 fully saturated rings. The van der Waals surface area contributed by atoms with Crippen LogP contribution in [0.3, 0.4) is 0 Å². The van der Waals surface area contributed by atoms with Gasteiger partial charge in [0.1, 0.15) is 11.5 Å². The second-order valence-corrected chi connectivity index (χ2v) is 9.80. The van der Waals surface area contributed by atoms with Gasteiger partial charge in [0, 0.05) is 18.3 Å². The van der Waals surface area contributed by atoms with Crippen molar-refractivity contribution in [3.63, 3.8) is 0 Å². The van der Waals surface area contributed by atoms with Crippen molar-refractivity contribution in [1.29, 1.82) is 0 Å². The molecule has 0 amide bonds. The third-order valence-electron chi connectivity index (χ3n) is 4.30. The van der Waals surface area contributed by atoms with Crippen LogP contribution in [-0.2, 0) is 19.6 Å². The number of ether oxygens (including phenoxy) is 2. The highest BCUT2D eigenvalue weighted by atomic mass is 35.5. The average Bonchev–Trinajstić information content (AvgIpc) is 3.18. The summed E-state index contributed by atoms with van der Waals surface area (Å²) < 4.78 is 37.5. The second kappa shape index (κ2) is 9.17. The van der Waals surface area contributed by atoms with E-state index in [1.165, 1.54) is 35.3 Å². The number of methoxy groups -OCH3 is 1. The molecule has 9 heteroatoms. The lowest BCUT2D eigenvalue weighted by Crippen LogP contribution is -2.29. The van der Waals surface area contributed by atoms with Gasteiger partial charge in [-0.1, -0.05) is 23.7 Å². The number of sulfonamides is 1. The predicted molar refractivity (Wildman–Crippen MR) is 110 cm³/mol. The van der Waals surface area contributed by atoms with Crippen LogP contribution in [-0.4, -0.2) is 49.9 Å². The second-order valence-electron chi connectivity index (χ2n) is 6.16. The van der Waals surface area contributed by atoms with Crippen LogP contribution in [0.2, 0.25) is 5.02 Å².